The van der Waals surface area contributed by atoms with Crippen molar-refractivity contribution in [3.05, 3.63) is 142 Å². The molecule has 1 saturated heterocycles. The van der Waals surface area contributed by atoms with Crippen LogP contribution in [0.1, 0.15) is 35.4 Å². The molecule has 0 saturated carbocycles. The molecule has 5 aromatic rings. The largest absolute Gasteiger partial charge is 0.374 e. The highest BCUT2D eigenvalue weighted by Crippen LogP contribution is 2.46. The summed E-state index contributed by atoms with van der Waals surface area (Å²) in [6.45, 7) is 3.50. The Morgan fingerprint density at radius 1 is 0.829 bits per heavy atom. The summed E-state index contributed by atoms with van der Waals surface area (Å²) in [6, 6.07) is 33.7. The first-order valence-electron chi connectivity index (χ1n) is 13.8. The molecule has 1 aliphatic rings. The lowest BCUT2D eigenvalue weighted by atomic mass is 9.90. The van der Waals surface area contributed by atoms with Gasteiger partial charge in [-0.3, -0.25) is 4.79 Å². The highest BCUT2D eigenvalue weighted by atomic mass is 16.6. The topological polar surface area (TPSA) is 87.1 Å². The molecule has 0 aliphatic carbocycles. The van der Waals surface area contributed by atoms with E-state index in [0.717, 1.165) is 16.7 Å². The molecule has 210 valence electrons. The first-order valence-corrected chi connectivity index (χ1v) is 13.8. The van der Waals surface area contributed by atoms with Gasteiger partial charge in [0.2, 0.25) is 0 Å². The molecular formula is C33H33N3O5. The molecule has 0 unspecified atom stereocenters. The lowest BCUT2D eigenvalue weighted by Gasteiger charge is -2.35. The summed E-state index contributed by atoms with van der Waals surface area (Å²) < 4.78 is 27.9. The number of ether oxygens (including phenoxy) is 4. The molecule has 1 N–H and O–H groups in total. The van der Waals surface area contributed by atoms with Crippen LogP contribution in [0.25, 0.3) is 5.52 Å². The number of aromatic nitrogens is 3. The molecule has 3 aromatic carbocycles. The van der Waals surface area contributed by atoms with Crippen molar-refractivity contribution in [3.8, 4) is 0 Å². The van der Waals surface area contributed by atoms with Crippen molar-refractivity contribution < 1.29 is 18.9 Å². The minimum absolute atomic E-state index is 0.226. The van der Waals surface area contributed by atoms with E-state index in [9.17, 15) is 4.79 Å². The fourth-order valence-corrected chi connectivity index (χ4v) is 5.42. The summed E-state index contributed by atoms with van der Waals surface area (Å²) in [4.78, 5) is 15.2. The second-order valence-electron chi connectivity index (χ2n) is 10.4. The van der Waals surface area contributed by atoms with Crippen LogP contribution in [0, 0.1) is 0 Å². The van der Waals surface area contributed by atoms with E-state index in [2.05, 4.69) is 10.1 Å². The van der Waals surface area contributed by atoms with Crippen LogP contribution in [0.3, 0.4) is 0 Å². The van der Waals surface area contributed by atoms with E-state index >= 15 is 0 Å². The Labute approximate surface area is 238 Å². The van der Waals surface area contributed by atoms with Crippen LogP contribution < -0.4 is 5.56 Å². The van der Waals surface area contributed by atoms with Crippen molar-refractivity contribution >= 4 is 5.52 Å². The summed E-state index contributed by atoms with van der Waals surface area (Å²) in [7, 11) is 0. The monoisotopic (exact) mass is 551 g/mol. The van der Waals surface area contributed by atoms with Crippen molar-refractivity contribution in [2.24, 2.45) is 0 Å². The second-order valence-corrected chi connectivity index (χ2v) is 10.4. The van der Waals surface area contributed by atoms with E-state index in [4.69, 9.17) is 18.9 Å². The Morgan fingerprint density at radius 2 is 1.44 bits per heavy atom. The van der Waals surface area contributed by atoms with Crippen LogP contribution in [0.4, 0.5) is 0 Å². The maximum atomic E-state index is 12.5. The van der Waals surface area contributed by atoms with E-state index in [0.29, 0.717) is 37.6 Å². The number of nitrogens with zero attached hydrogens (tertiary/aromatic N) is 2. The molecule has 0 amide bonds. The van der Waals surface area contributed by atoms with Crippen molar-refractivity contribution in [1.82, 2.24) is 14.6 Å². The Bertz CT molecular complexity index is 1610. The van der Waals surface area contributed by atoms with Crippen LogP contribution in [-0.2, 0) is 38.8 Å². The molecule has 41 heavy (non-hydrogen) atoms. The zero-order chi connectivity index (χ0) is 28.1. The molecule has 6 rings (SSSR count). The maximum absolute atomic E-state index is 12.5. The summed E-state index contributed by atoms with van der Waals surface area (Å²) in [5, 5.41) is 4.43. The SMILES string of the molecule is C[C@@]1(OCc2ccccc2)[C@H](OCc2ccccc2)[C@@H](COCc2ccccc2)O[C@H]1c1ccc2c(=O)[nH]cnn12. The summed E-state index contributed by atoms with van der Waals surface area (Å²) in [6.07, 6.45) is -0.130. The fourth-order valence-electron chi connectivity index (χ4n) is 5.42. The van der Waals surface area contributed by atoms with Crippen LogP contribution in [0.15, 0.2) is 114 Å². The molecule has 0 bridgehead atoms. The third-order valence-electron chi connectivity index (χ3n) is 7.55. The Kier molecular flexibility index (Phi) is 8.07. The van der Waals surface area contributed by atoms with Gasteiger partial charge in [0.05, 0.1) is 32.1 Å². The lowest BCUT2D eigenvalue weighted by Crippen LogP contribution is -2.47. The van der Waals surface area contributed by atoms with Gasteiger partial charge in [0.15, 0.2) is 0 Å². The lowest BCUT2D eigenvalue weighted by molar-refractivity contribution is -0.148. The van der Waals surface area contributed by atoms with E-state index in [1.54, 1.807) is 10.6 Å². The smallest absolute Gasteiger partial charge is 0.275 e. The Hall–Kier alpha value is -4.08. The van der Waals surface area contributed by atoms with Crippen LogP contribution >= 0.6 is 0 Å². The van der Waals surface area contributed by atoms with E-state index in [1.807, 2.05) is 104 Å². The van der Waals surface area contributed by atoms with Gasteiger partial charge in [-0.2, -0.15) is 5.10 Å². The van der Waals surface area contributed by atoms with E-state index < -0.39 is 23.9 Å². The molecular weight excluding hydrogens is 518 g/mol. The summed E-state index contributed by atoms with van der Waals surface area (Å²) >= 11 is 0. The van der Waals surface area contributed by atoms with Crippen molar-refractivity contribution in [2.75, 3.05) is 6.61 Å². The molecule has 1 fully saturated rings. The van der Waals surface area contributed by atoms with Gasteiger partial charge in [-0.15, -0.1) is 0 Å². The Balaban J connectivity index is 1.34. The van der Waals surface area contributed by atoms with Crippen LogP contribution in [0.2, 0.25) is 0 Å². The van der Waals surface area contributed by atoms with Gasteiger partial charge in [-0.1, -0.05) is 91.0 Å². The molecule has 2 aromatic heterocycles. The van der Waals surface area contributed by atoms with Crippen LogP contribution in [0.5, 0.6) is 0 Å². The molecule has 3 heterocycles. The number of hydrogen-bond acceptors (Lipinski definition) is 6. The molecule has 1 aliphatic heterocycles. The maximum Gasteiger partial charge on any atom is 0.275 e. The first-order chi connectivity index (χ1) is 20.1. The molecule has 8 nitrogen and oxygen atoms in total. The van der Waals surface area contributed by atoms with Gasteiger partial charge < -0.3 is 23.9 Å². The van der Waals surface area contributed by atoms with Gasteiger partial charge in [-0.05, 0) is 35.7 Å². The predicted molar refractivity (Wildman–Crippen MR) is 154 cm³/mol. The summed E-state index contributed by atoms with van der Waals surface area (Å²) in [5.74, 6) is 0. The van der Waals surface area contributed by atoms with Gasteiger partial charge in [-0.25, -0.2) is 4.52 Å². The Morgan fingerprint density at radius 3 is 2.10 bits per heavy atom. The molecule has 0 spiro atoms. The van der Waals surface area contributed by atoms with E-state index in [-0.39, 0.29) is 5.56 Å². The van der Waals surface area contributed by atoms with Gasteiger partial charge in [0.25, 0.3) is 5.56 Å². The minimum Gasteiger partial charge on any atom is -0.374 e. The number of rotatable bonds is 11. The highest BCUT2D eigenvalue weighted by Gasteiger charge is 2.57. The number of nitrogens with one attached hydrogen (secondary N) is 1. The first kappa shape index (κ1) is 27.1. The quantitative estimate of drug-likeness (QED) is 0.242. The van der Waals surface area contributed by atoms with Crippen LogP contribution in [-0.4, -0.2) is 39.0 Å². The van der Waals surface area contributed by atoms with E-state index in [1.165, 1.54) is 6.33 Å². The molecule has 0 radical (unpaired) electrons. The third kappa shape index (κ3) is 5.87. The van der Waals surface area contributed by atoms with Crippen molar-refractivity contribution in [1.29, 1.82) is 0 Å². The standard InChI is InChI=1S/C33H33N3O5/c1-33(40-21-26-15-9-4-10-16-26)30(27-17-18-28-32(37)34-23-35-36(27)28)41-29(22-38-19-24-11-5-2-6-12-24)31(33)39-20-25-13-7-3-8-14-25/h2-18,23,29-31H,19-22H2,1H3,(H,34,35,37)/t29-,30+,31-,33+/m1/s1. The number of fused-ring (bicyclic) bond motifs is 1. The minimum atomic E-state index is -0.941. The normalized spacial score (nSPS) is 22.3. The zero-order valence-electron chi connectivity index (χ0n) is 22.9. The molecule has 4 atom stereocenters. The van der Waals surface area contributed by atoms with Gasteiger partial charge in [0, 0.05) is 0 Å². The number of benzene rings is 3. The third-order valence-corrected chi connectivity index (χ3v) is 7.55. The van der Waals surface area contributed by atoms with Gasteiger partial charge >= 0.3 is 0 Å². The number of hydrogen-bond donors (Lipinski definition) is 1. The number of H-pyrrole nitrogens is 1. The second kappa shape index (κ2) is 12.2. The van der Waals surface area contributed by atoms with Crippen molar-refractivity contribution in [3.63, 3.8) is 0 Å². The van der Waals surface area contributed by atoms with Gasteiger partial charge in [0.1, 0.15) is 35.8 Å². The number of aromatic amines is 1. The average molecular weight is 552 g/mol. The average Bonchev–Trinajstić information content (AvgIpc) is 3.56. The fraction of sp³-hybridized carbons (Fsp3) is 0.273. The van der Waals surface area contributed by atoms with Crippen molar-refractivity contribution in [2.45, 2.75) is 50.7 Å². The predicted octanol–water partition coefficient (Wildman–Crippen LogP) is 5.24. The molecule has 8 heteroatoms. The zero-order valence-corrected chi connectivity index (χ0v) is 22.9. The highest BCUT2D eigenvalue weighted by molar-refractivity contribution is 5.47. The summed E-state index contributed by atoms with van der Waals surface area (Å²) in [5.41, 5.74) is 3.13.